The largest absolute Gasteiger partial charge is 0.672 e. The van der Waals surface area contributed by atoms with Crippen molar-refractivity contribution in [1.29, 1.82) is 0 Å². The molecule has 0 bridgehead atoms. The van der Waals surface area contributed by atoms with E-state index in [2.05, 4.69) is 0 Å². The van der Waals surface area contributed by atoms with Crippen LogP contribution in [0.2, 0.25) is 0 Å². The molecule has 3 aromatic rings. The van der Waals surface area contributed by atoms with E-state index < -0.39 is 8.09 Å². The number of benzene rings is 3. The lowest BCUT2D eigenvalue weighted by molar-refractivity contribution is -0.127. The maximum atomic E-state index is 13.4. The van der Waals surface area contributed by atoms with Crippen LogP contribution in [0, 0.1) is 20.8 Å². The van der Waals surface area contributed by atoms with Gasteiger partial charge in [-0.15, -0.1) is 4.67 Å². The van der Waals surface area contributed by atoms with Crippen molar-refractivity contribution < 1.29 is 18.4 Å². The van der Waals surface area contributed by atoms with Crippen LogP contribution in [0.25, 0.3) is 0 Å². The van der Waals surface area contributed by atoms with Crippen molar-refractivity contribution in [3.8, 4) is 17.2 Å². The molecule has 1 saturated heterocycles. The number of para-hydroxylation sites is 3. The fourth-order valence-electron chi connectivity index (χ4n) is 3.78. The number of carbonyl (C=O) groups is 1. The summed E-state index contributed by atoms with van der Waals surface area (Å²) in [7, 11) is -3.42. The molecule has 0 atom stereocenters. The second-order valence-corrected chi connectivity index (χ2v) is 10.3. The summed E-state index contributed by atoms with van der Waals surface area (Å²) >= 11 is 0. The smallest absolute Gasteiger partial charge is 0.271 e. The van der Waals surface area contributed by atoms with E-state index in [-0.39, 0.29) is 5.91 Å². The summed E-state index contributed by atoms with van der Waals surface area (Å²) in [5.41, 5.74) is 2.85. The van der Waals surface area contributed by atoms with Crippen LogP contribution in [0.15, 0.2) is 72.8 Å². The summed E-state index contributed by atoms with van der Waals surface area (Å²) in [4.78, 5) is 13.4. The predicted molar refractivity (Wildman–Crippen MR) is 133 cm³/mol. The molecule has 0 aromatic heterocycles. The molecule has 33 heavy (non-hydrogen) atoms. The molecule has 1 aliphatic heterocycles. The Balaban J connectivity index is 1.88. The van der Waals surface area contributed by atoms with Gasteiger partial charge in [0, 0.05) is 6.42 Å². The van der Waals surface area contributed by atoms with E-state index in [9.17, 15) is 4.79 Å². The van der Waals surface area contributed by atoms with E-state index in [1.165, 1.54) is 0 Å². The highest BCUT2D eigenvalue weighted by atomic mass is 31.2. The molecule has 0 spiro atoms. The Bertz CT molecular complexity index is 1000. The minimum atomic E-state index is -3.42. The zero-order valence-electron chi connectivity index (χ0n) is 19.5. The van der Waals surface area contributed by atoms with Gasteiger partial charge in [0.15, 0.2) is 17.2 Å². The fourth-order valence-corrected chi connectivity index (χ4v) is 6.31. The van der Waals surface area contributed by atoms with Crippen molar-refractivity contribution in [2.45, 2.75) is 46.5 Å². The van der Waals surface area contributed by atoms with Crippen molar-refractivity contribution in [2.75, 3.05) is 6.54 Å². The zero-order valence-corrected chi connectivity index (χ0v) is 20.4. The lowest BCUT2D eigenvalue weighted by Crippen LogP contribution is -2.38. The van der Waals surface area contributed by atoms with Gasteiger partial charge in [-0.05, 0) is 68.5 Å². The normalized spacial score (nSPS) is 14.5. The third-order valence-corrected chi connectivity index (χ3v) is 8.06. The number of hydrogen-bond donors (Lipinski definition) is 0. The lowest BCUT2D eigenvalue weighted by Gasteiger charge is -2.30. The van der Waals surface area contributed by atoms with Gasteiger partial charge in [0.25, 0.3) is 5.91 Å². The Kier molecular flexibility index (Phi) is 7.20. The van der Waals surface area contributed by atoms with Crippen LogP contribution >= 0.6 is 8.09 Å². The third kappa shape index (κ3) is 5.31. The van der Waals surface area contributed by atoms with Gasteiger partial charge in [-0.2, -0.15) is 0 Å². The molecule has 0 N–H and O–H groups in total. The predicted octanol–water partition coefficient (Wildman–Crippen LogP) is 7.23. The summed E-state index contributed by atoms with van der Waals surface area (Å²) < 4.78 is 21.8. The van der Waals surface area contributed by atoms with Crippen molar-refractivity contribution >= 4 is 14.0 Å². The molecule has 1 aliphatic rings. The minimum Gasteiger partial charge on any atom is -0.271 e. The highest BCUT2D eigenvalue weighted by Gasteiger charge is 2.61. The molecule has 1 amide bonds. The standard InChI is InChI=1S/C27H31NO4P/c1-21-13-6-9-16-24(21)30-33(28-20-12-4-5-19-27(28)29,31-25-17-10-7-14-22(25)2)32-26-18-11-8-15-23(26)3/h6-11,13-18H,4-5,12,19-20H2,1-3H3/q+1. The first-order chi connectivity index (χ1) is 16.0. The third-order valence-electron chi connectivity index (χ3n) is 5.77. The molecule has 1 heterocycles. The summed E-state index contributed by atoms with van der Waals surface area (Å²) in [6.45, 7) is 6.47. The summed E-state index contributed by atoms with van der Waals surface area (Å²) in [6, 6.07) is 23.3. The Labute approximate surface area is 196 Å². The van der Waals surface area contributed by atoms with Crippen molar-refractivity contribution in [2.24, 2.45) is 0 Å². The molecule has 5 nitrogen and oxygen atoms in total. The minimum absolute atomic E-state index is 0.00316. The highest BCUT2D eigenvalue weighted by molar-refractivity contribution is 7.61. The Hall–Kier alpha value is -3.04. The molecule has 0 radical (unpaired) electrons. The van der Waals surface area contributed by atoms with Crippen molar-refractivity contribution in [3.05, 3.63) is 89.5 Å². The SMILES string of the molecule is Cc1ccccc1O[P+](Oc1ccccc1C)(Oc1ccccc1C)N1CCCCCC1=O. The maximum Gasteiger partial charge on any atom is 0.672 e. The van der Waals surface area contributed by atoms with Gasteiger partial charge >= 0.3 is 8.09 Å². The number of nitrogens with zero attached hydrogens (tertiary/aromatic N) is 1. The van der Waals surface area contributed by atoms with Crippen LogP contribution < -0.4 is 13.6 Å². The summed E-state index contributed by atoms with van der Waals surface area (Å²) in [5, 5.41) is 0. The molecule has 0 unspecified atom stereocenters. The topological polar surface area (TPSA) is 48.0 Å². The van der Waals surface area contributed by atoms with Crippen LogP contribution in [0.3, 0.4) is 0 Å². The van der Waals surface area contributed by atoms with E-state index in [1.54, 1.807) is 4.67 Å². The van der Waals surface area contributed by atoms with Gasteiger partial charge < -0.3 is 0 Å². The van der Waals surface area contributed by atoms with Gasteiger partial charge in [-0.1, -0.05) is 61.0 Å². The van der Waals surface area contributed by atoms with E-state index in [1.807, 2.05) is 93.6 Å². The Morgan fingerprint density at radius 2 is 1.06 bits per heavy atom. The fraction of sp³-hybridized carbons (Fsp3) is 0.296. The number of aryl methyl sites for hydroxylation is 3. The number of rotatable bonds is 7. The molecule has 6 heteroatoms. The molecule has 1 fully saturated rings. The first-order valence-electron chi connectivity index (χ1n) is 11.4. The molecule has 0 aliphatic carbocycles. The number of hydrogen-bond acceptors (Lipinski definition) is 4. The molecule has 172 valence electrons. The van der Waals surface area contributed by atoms with Gasteiger partial charge in [-0.3, -0.25) is 18.4 Å². The monoisotopic (exact) mass is 464 g/mol. The number of carbonyl (C=O) groups excluding carboxylic acids is 1. The summed E-state index contributed by atoms with van der Waals surface area (Å²) in [5.74, 6) is 1.93. The molecular weight excluding hydrogens is 433 g/mol. The van der Waals surface area contributed by atoms with Crippen molar-refractivity contribution in [3.63, 3.8) is 0 Å². The maximum absolute atomic E-state index is 13.4. The van der Waals surface area contributed by atoms with E-state index in [0.29, 0.717) is 30.2 Å². The lowest BCUT2D eigenvalue weighted by atomic mass is 10.2. The quantitative estimate of drug-likeness (QED) is 0.346. The molecule has 0 saturated carbocycles. The Morgan fingerprint density at radius 3 is 1.48 bits per heavy atom. The van der Waals surface area contributed by atoms with Crippen LogP contribution in [0.5, 0.6) is 17.2 Å². The van der Waals surface area contributed by atoms with Gasteiger partial charge in [0.1, 0.15) is 0 Å². The van der Waals surface area contributed by atoms with Crippen LogP contribution in [-0.4, -0.2) is 17.1 Å². The average Bonchev–Trinajstić information content (AvgIpc) is 3.03. The van der Waals surface area contributed by atoms with Crippen LogP contribution in [-0.2, 0) is 4.79 Å². The summed E-state index contributed by atoms with van der Waals surface area (Å²) in [6.07, 6.45) is 3.17. The highest BCUT2D eigenvalue weighted by Crippen LogP contribution is 2.64. The zero-order chi connectivity index (χ0) is 23.3. The number of amides is 1. The second-order valence-electron chi connectivity index (χ2n) is 8.37. The first-order valence-corrected chi connectivity index (χ1v) is 12.9. The molecular formula is C27H31NO4P+. The van der Waals surface area contributed by atoms with Gasteiger partial charge in [0.2, 0.25) is 0 Å². The van der Waals surface area contributed by atoms with Crippen molar-refractivity contribution in [1.82, 2.24) is 4.67 Å². The van der Waals surface area contributed by atoms with Gasteiger partial charge in [-0.25, -0.2) is 0 Å². The molecule has 3 aromatic carbocycles. The van der Waals surface area contributed by atoms with Gasteiger partial charge in [0.05, 0.1) is 6.54 Å². The van der Waals surface area contributed by atoms with E-state index >= 15 is 0 Å². The second kappa shape index (κ2) is 10.3. The first kappa shape index (κ1) is 23.1. The Morgan fingerprint density at radius 1 is 0.636 bits per heavy atom. The van der Waals surface area contributed by atoms with Crippen LogP contribution in [0.1, 0.15) is 42.4 Å². The average molecular weight is 465 g/mol. The van der Waals surface area contributed by atoms with E-state index in [4.69, 9.17) is 13.6 Å². The van der Waals surface area contributed by atoms with Crippen LogP contribution in [0.4, 0.5) is 0 Å². The van der Waals surface area contributed by atoms with E-state index in [0.717, 1.165) is 36.0 Å². The molecule has 4 rings (SSSR count).